The smallest absolute Gasteiger partial charge is 0.247 e. The number of aliphatic imine (C=N–C) groups is 1. The molecule has 1 fully saturated rings. The molecule has 3 aromatic rings. The van der Waals surface area contributed by atoms with E-state index in [1.807, 2.05) is 18.3 Å². The van der Waals surface area contributed by atoms with Gasteiger partial charge in [-0.1, -0.05) is 43.3 Å². The van der Waals surface area contributed by atoms with Crippen LogP contribution in [-0.4, -0.2) is 46.9 Å². The van der Waals surface area contributed by atoms with Crippen molar-refractivity contribution < 1.29 is 4.79 Å². The van der Waals surface area contributed by atoms with Gasteiger partial charge in [0, 0.05) is 53.2 Å². The molecule has 1 aromatic heterocycles. The number of carbonyl (C=O) groups is 1. The monoisotopic (exact) mass is 510 g/mol. The van der Waals surface area contributed by atoms with Crippen LogP contribution in [0.1, 0.15) is 50.7 Å². The molecule has 4 N–H and O–H groups in total. The number of H-pyrrole nitrogens is 1. The average molecular weight is 511 g/mol. The summed E-state index contributed by atoms with van der Waals surface area (Å²) in [6.07, 6.45) is 9.94. The number of nitrogens with one attached hydrogen (secondary N) is 4. The maximum atomic E-state index is 11.5. The molecule has 0 radical (unpaired) electrons. The van der Waals surface area contributed by atoms with E-state index in [1.165, 1.54) is 35.4 Å². The van der Waals surface area contributed by atoms with E-state index in [0.717, 1.165) is 41.9 Å². The molecule has 2 aliphatic rings. The standard InChI is InChI=1S/C31H38N6O/c1-5-29(38)34-23-15-13-22(14-16-23)20-37(4)25-10-8-9-24(17-25)35-31(3)33-18-21(2)30(36-31)27-19-32-28-12-7-6-11-26(27)28/h5-7,11-16,18-19,24-25,32,35-36H,1,8-10,17,20H2,2-4H3,(H,34,38)/t24-,25+,31?/m1/s1. The number of para-hydroxylation sites is 1. The zero-order chi connectivity index (χ0) is 26.7. The maximum Gasteiger partial charge on any atom is 0.247 e. The second-order valence-electron chi connectivity index (χ2n) is 10.7. The summed E-state index contributed by atoms with van der Waals surface area (Å²) in [5, 5.41) is 11.6. The molecule has 198 valence electrons. The predicted molar refractivity (Wildman–Crippen MR) is 157 cm³/mol. The molecule has 3 atom stereocenters. The van der Waals surface area contributed by atoms with E-state index in [0.29, 0.717) is 12.1 Å². The molecule has 0 saturated heterocycles. The van der Waals surface area contributed by atoms with Crippen molar-refractivity contribution in [3.05, 3.63) is 84.1 Å². The minimum Gasteiger partial charge on any atom is -0.360 e. The number of nitrogens with zero attached hydrogens (tertiary/aromatic N) is 2. The van der Waals surface area contributed by atoms with Crippen LogP contribution < -0.4 is 16.0 Å². The van der Waals surface area contributed by atoms with Gasteiger partial charge in [-0.25, -0.2) is 0 Å². The number of hydrogen-bond donors (Lipinski definition) is 4. The summed E-state index contributed by atoms with van der Waals surface area (Å²) in [5.74, 6) is -0.760. The van der Waals surface area contributed by atoms with Gasteiger partial charge in [0.1, 0.15) is 0 Å². The second kappa shape index (κ2) is 11.0. The number of aromatic nitrogens is 1. The first-order valence-corrected chi connectivity index (χ1v) is 13.4. The van der Waals surface area contributed by atoms with Crippen LogP contribution in [0.25, 0.3) is 16.6 Å². The third-order valence-corrected chi connectivity index (χ3v) is 7.73. The lowest BCUT2D eigenvalue weighted by atomic mass is 9.89. The Morgan fingerprint density at radius 1 is 1.21 bits per heavy atom. The Morgan fingerprint density at radius 2 is 2.00 bits per heavy atom. The van der Waals surface area contributed by atoms with E-state index >= 15 is 0 Å². The molecule has 5 rings (SSSR count). The van der Waals surface area contributed by atoms with Crippen LogP contribution in [0.5, 0.6) is 0 Å². The van der Waals surface area contributed by atoms with Crippen LogP contribution in [0, 0.1) is 0 Å². The van der Waals surface area contributed by atoms with Crippen molar-refractivity contribution in [1.29, 1.82) is 0 Å². The molecule has 1 unspecified atom stereocenters. The third-order valence-electron chi connectivity index (χ3n) is 7.73. The van der Waals surface area contributed by atoms with E-state index in [2.05, 4.69) is 95.9 Å². The van der Waals surface area contributed by atoms with Crippen molar-refractivity contribution in [2.24, 2.45) is 4.99 Å². The number of hydrogen-bond acceptors (Lipinski definition) is 5. The molecule has 1 aliphatic heterocycles. The quantitative estimate of drug-likeness (QED) is 0.306. The van der Waals surface area contributed by atoms with Crippen LogP contribution >= 0.6 is 0 Å². The molecule has 2 aromatic carbocycles. The Bertz CT molecular complexity index is 1370. The number of anilines is 1. The zero-order valence-electron chi connectivity index (χ0n) is 22.6. The fourth-order valence-corrected chi connectivity index (χ4v) is 5.69. The highest BCUT2D eigenvalue weighted by atomic mass is 16.1. The van der Waals surface area contributed by atoms with Crippen molar-refractivity contribution in [1.82, 2.24) is 20.5 Å². The van der Waals surface area contributed by atoms with E-state index in [9.17, 15) is 4.79 Å². The number of amides is 1. The van der Waals surface area contributed by atoms with Crippen LogP contribution in [0.2, 0.25) is 0 Å². The molecular weight excluding hydrogens is 472 g/mol. The fraction of sp³-hybridized carbons (Fsp3) is 0.355. The first kappa shape index (κ1) is 25.9. The predicted octanol–water partition coefficient (Wildman–Crippen LogP) is 5.40. The first-order valence-electron chi connectivity index (χ1n) is 13.4. The van der Waals surface area contributed by atoms with Crippen molar-refractivity contribution in [3.8, 4) is 0 Å². The van der Waals surface area contributed by atoms with Gasteiger partial charge in [0.25, 0.3) is 0 Å². The van der Waals surface area contributed by atoms with Gasteiger partial charge in [0.15, 0.2) is 5.79 Å². The summed E-state index contributed by atoms with van der Waals surface area (Å²) in [6, 6.07) is 17.3. The average Bonchev–Trinajstić information content (AvgIpc) is 3.35. The van der Waals surface area contributed by atoms with Gasteiger partial charge in [0.2, 0.25) is 5.91 Å². The molecule has 7 heteroatoms. The van der Waals surface area contributed by atoms with E-state index in [-0.39, 0.29) is 5.91 Å². The summed E-state index contributed by atoms with van der Waals surface area (Å²) < 4.78 is 0. The summed E-state index contributed by atoms with van der Waals surface area (Å²) >= 11 is 0. The van der Waals surface area contributed by atoms with Gasteiger partial charge in [-0.2, -0.15) is 0 Å². The highest BCUT2D eigenvalue weighted by Crippen LogP contribution is 2.30. The number of aromatic amines is 1. The van der Waals surface area contributed by atoms with Crippen LogP contribution in [0.4, 0.5) is 5.69 Å². The number of rotatable bonds is 8. The second-order valence-corrected chi connectivity index (χ2v) is 10.7. The third kappa shape index (κ3) is 5.74. The lowest BCUT2D eigenvalue weighted by Crippen LogP contribution is -2.59. The van der Waals surface area contributed by atoms with Crippen molar-refractivity contribution in [3.63, 3.8) is 0 Å². The number of allylic oxidation sites excluding steroid dienone is 1. The summed E-state index contributed by atoms with van der Waals surface area (Å²) in [5.41, 5.74) is 6.57. The van der Waals surface area contributed by atoms with Gasteiger partial charge in [-0.15, -0.1) is 0 Å². The Balaban J connectivity index is 1.21. The lowest BCUT2D eigenvalue weighted by Gasteiger charge is -2.41. The Kier molecular flexibility index (Phi) is 7.49. The zero-order valence-corrected chi connectivity index (χ0v) is 22.6. The Hall–Kier alpha value is -3.68. The van der Waals surface area contributed by atoms with Gasteiger partial charge in [0.05, 0.1) is 5.70 Å². The Labute approximate surface area is 225 Å². The summed E-state index contributed by atoms with van der Waals surface area (Å²) in [7, 11) is 2.21. The van der Waals surface area contributed by atoms with Crippen LogP contribution in [0.15, 0.2) is 77.9 Å². The molecule has 7 nitrogen and oxygen atoms in total. The van der Waals surface area contributed by atoms with Crippen molar-refractivity contribution in [2.45, 2.75) is 63.9 Å². The molecule has 38 heavy (non-hydrogen) atoms. The van der Waals surface area contributed by atoms with E-state index in [4.69, 9.17) is 4.99 Å². The SMILES string of the molecule is C=CC(=O)Nc1ccc(CN(C)[C@H]2CCC[C@@H](NC3(C)N=CC(C)=C(c4c[nH]c5ccccc45)N3)C2)cc1. The van der Waals surface area contributed by atoms with Gasteiger partial charge >= 0.3 is 0 Å². The lowest BCUT2D eigenvalue weighted by molar-refractivity contribution is -0.111. The minimum absolute atomic E-state index is 0.194. The number of carbonyl (C=O) groups excluding carboxylic acids is 1. The normalized spacial score (nSPS) is 23.5. The molecule has 2 heterocycles. The molecule has 1 saturated carbocycles. The van der Waals surface area contributed by atoms with Crippen molar-refractivity contribution >= 4 is 34.4 Å². The van der Waals surface area contributed by atoms with Gasteiger partial charge < -0.3 is 15.6 Å². The molecule has 1 amide bonds. The van der Waals surface area contributed by atoms with Gasteiger partial charge in [-0.05, 0) is 75.6 Å². The maximum absolute atomic E-state index is 11.5. The molecule has 0 spiro atoms. The van der Waals surface area contributed by atoms with Crippen LogP contribution in [0.3, 0.4) is 0 Å². The van der Waals surface area contributed by atoms with Crippen LogP contribution in [-0.2, 0) is 11.3 Å². The summed E-state index contributed by atoms with van der Waals surface area (Å²) in [6.45, 7) is 8.61. The van der Waals surface area contributed by atoms with E-state index < -0.39 is 5.79 Å². The summed E-state index contributed by atoms with van der Waals surface area (Å²) in [4.78, 5) is 22.3. The molecule has 1 aliphatic carbocycles. The van der Waals surface area contributed by atoms with Gasteiger partial charge in [-0.3, -0.25) is 20.0 Å². The number of fused-ring (bicyclic) bond motifs is 1. The number of benzene rings is 2. The largest absolute Gasteiger partial charge is 0.360 e. The van der Waals surface area contributed by atoms with E-state index in [1.54, 1.807) is 0 Å². The topological polar surface area (TPSA) is 84.6 Å². The fourth-order valence-electron chi connectivity index (χ4n) is 5.69. The van der Waals surface area contributed by atoms with Crippen molar-refractivity contribution in [2.75, 3.05) is 12.4 Å². The highest BCUT2D eigenvalue weighted by molar-refractivity contribution is 6.00. The first-order chi connectivity index (χ1) is 18.3. The minimum atomic E-state index is -0.565. The highest BCUT2D eigenvalue weighted by Gasteiger charge is 2.33. The molecular formula is C31H38N6O. The molecule has 0 bridgehead atoms. The Morgan fingerprint density at radius 3 is 2.79 bits per heavy atom.